The number of hydrogen-bond acceptors (Lipinski definition) is 6. The van der Waals surface area contributed by atoms with Gasteiger partial charge >= 0.3 is 0 Å². The molecule has 0 aliphatic carbocycles. The molecule has 0 aromatic heterocycles. The second-order valence-electron chi connectivity index (χ2n) is 5.80. The minimum absolute atomic E-state index is 0.0370. The van der Waals surface area contributed by atoms with E-state index in [4.69, 9.17) is 24.4 Å². The maximum Gasteiger partial charge on any atom is 0.154 e. The quantitative estimate of drug-likeness (QED) is 0.487. The zero-order chi connectivity index (χ0) is 21.9. The van der Waals surface area contributed by atoms with Crippen LogP contribution in [0.2, 0.25) is 0 Å². The second kappa shape index (κ2) is 17.8. The van der Waals surface area contributed by atoms with E-state index in [0.717, 1.165) is 36.4 Å². The molecular formula is C23H34O6. The topological polar surface area (TPSA) is 85.2 Å². The molecule has 6 heteroatoms. The zero-order valence-corrected chi connectivity index (χ0v) is 17.8. The summed E-state index contributed by atoms with van der Waals surface area (Å²) in [6.07, 6.45) is 0.821. The third kappa shape index (κ3) is 12.8. The van der Waals surface area contributed by atoms with Crippen LogP contribution in [0.4, 0.5) is 0 Å². The first-order valence-corrected chi connectivity index (χ1v) is 9.70. The molecule has 0 saturated carbocycles. The zero-order valence-electron chi connectivity index (χ0n) is 17.8. The molecule has 0 fully saturated rings. The number of aliphatic hydroxyl groups excluding tert-OH is 2. The fourth-order valence-electron chi connectivity index (χ4n) is 2.17. The smallest absolute Gasteiger partial charge is 0.154 e. The number of carbonyl (C=O) groups excluding carboxylic acids is 1. The third-order valence-electron chi connectivity index (χ3n) is 3.56. The number of aryl methyl sites for hydroxylation is 1. The Labute approximate surface area is 174 Å². The van der Waals surface area contributed by atoms with Crippen molar-refractivity contribution < 1.29 is 29.2 Å². The molecule has 6 nitrogen and oxygen atoms in total. The van der Waals surface area contributed by atoms with Crippen molar-refractivity contribution in [2.45, 2.75) is 40.6 Å². The summed E-state index contributed by atoms with van der Waals surface area (Å²) in [6.45, 7) is 9.42. The van der Waals surface area contributed by atoms with Crippen LogP contribution in [0.1, 0.15) is 42.3 Å². The van der Waals surface area contributed by atoms with Crippen molar-refractivity contribution in [3.63, 3.8) is 0 Å². The Hall–Kier alpha value is -2.25. The molecule has 0 saturated heterocycles. The first-order valence-electron chi connectivity index (χ1n) is 9.70. The van der Waals surface area contributed by atoms with Crippen LogP contribution in [-0.2, 0) is 16.1 Å². The predicted octanol–water partition coefficient (Wildman–Crippen LogP) is 3.76. The maximum atomic E-state index is 10.9. The molecule has 0 spiro atoms. The van der Waals surface area contributed by atoms with Gasteiger partial charge in [-0.15, -0.1) is 0 Å². The molecule has 2 N–H and O–H groups in total. The van der Waals surface area contributed by atoms with Crippen LogP contribution < -0.4 is 4.74 Å². The summed E-state index contributed by atoms with van der Waals surface area (Å²) >= 11 is 0. The summed E-state index contributed by atoms with van der Waals surface area (Å²) in [6, 6.07) is 15.3. The Morgan fingerprint density at radius 3 is 2.00 bits per heavy atom. The van der Waals surface area contributed by atoms with E-state index in [9.17, 15) is 4.79 Å². The van der Waals surface area contributed by atoms with E-state index < -0.39 is 0 Å². The van der Waals surface area contributed by atoms with Gasteiger partial charge in [0.15, 0.2) is 6.29 Å². The van der Waals surface area contributed by atoms with Gasteiger partial charge in [0.05, 0.1) is 13.2 Å². The summed E-state index contributed by atoms with van der Waals surface area (Å²) < 4.78 is 15.8. The fraction of sp³-hybridized carbons (Fsp3) is 0.435. The molecule has 2 aromatic rings. The number of para-hydroxylation sites is 1. The highest BCUT2D eigenvalue weighted by Gasteiger charge is 2.02. The fourth-order valence-corrected chi connectivity index (χ4v) is 2.17. The lowest BCUT2D eigenvalue weighted by Gasteiger charge is -2.09. The number of rotatable bonds is 9. The Kier molecular flexibility index (Phi) is 16.4. The van der Waals surface area contributed by atoms with Crippen molar-refractivity contribution in [3.8, 4) is 5.75 Å². The highest BCUT2D eigenvalue weighted by molar-refractivity contribution is 5.77. The van der Waals surface area contributed by atoms with Gasteiger partial charge < -0.3 is 24.4 Å². The van der Waals surface area contributed by atoms with E-state index in [0.29, 0.717) is 12.2 Å². The van der Waals surface area contributed by atoms with Crippen molar-refractivity contribution in [2.24, 2.45) is 0 Å². The molecule has 29 heavy (non-hydrogen) atoms. The molecule has 0 amide bonds. The van der Waals surface area contributed by atoms with Crippen LogP contribution >= 0.6 is 0 Å². The Balaban J connectivity index is 0.000000547. The lowest BCUT2D eigenvalue weighted by molar-refractivity contribution is -0.123. The van der Waals surface area contributed by atoms with E-state index in [1.54, 1.807) is 6.07 Å². The number of aliphatic hydroxyl groups is 2. The van der Waals surface area contributed by atoms with Crippen molar-refractivity contribution in [1.29, 1.82) is 0 Å². The van der Waals surface area contributed by atoms with E-state index in [2.05, 4.69) is 0 Å². The number of ether oxygens (including phenoxy) is 3. The highest BCUT2D eigenvalue weighted by atomic mass is 16.7. The standard InChI is InChI=1S/C15H14O2.C6H14O2.C2H6O2/c1-12-6-2-5-9-15(12)17-11-14-8-4-3-7-13(14)10-16;1-4-7-6(3)8-5-2;3-1-2-4/h2-10H,11H2,1H3;6H,4-5H2,1-3H3;3-4H,1-2H2. The average molecular weight is 407 g/mol. The van der Waals surface area contributed by atoms with Crippen molar-refractivity contribution in [2.75, 3.05) is 26.4 Å². The van der Waals surface area contributed by atoms with E-state index in [1.165, 1.54) is 0 Å². The Bertz CT molecular complexity index is 651. The molecule has 162 valence electrons. The van der Waals surface area contributed by atoms with Gasteiger partial charge in [0.1, 0.15) is 18.6 Å². The molecule has 0 heterocycles. The molecule has 0 bridgehead atoms. The number of aldehydes is 1. The summed E-state index contributed by atoms with van der Waals surface area (Å²) in [7, 11) is 0. The van der Waals surface area contributed by atoms with Crippen molar-refractivity contribution in [3.05, 3.63) is 65.2 Å². The van der Waals surface area contributed by atoms with Crippen LogP contribution in [0.5, 0.6) is 5.75 Å². The van der Waals surface area contributed by atoms with Crippen LogP contribution in [0.25, 0.3) is 0 Å². The lowest BCUT2D eigenvalue weighted by atomic mass is 10.1. The minimum atomic E-state index is -0.125. The number of hydrogen-bond donors (Lipinski definition) is 2. The molecule has 2 aromatic carbocycles. The maximum absolute atomic E-state index is 10.9. The van der Waals surface area contributed by atoms with Gasteiger partial charge in [0.2, 0.25) is 0 Å². The monoisotopic (exact) mass is 406 g/mol. The molecular weight excluding hydrogens is 372 g/mol. The van der Waals surface area contributed by atoms with Gasteiger partial charge in [-0.3, -0.25) is 4.79 Å². The molecule has 0 atom stereocenters. The summed E-state index contributed by atoms with van der Waals surface area (Å²) in [5.74, 6) is 0.855. The minimum Gasteiger partial charge on any atom is -0.489 e. The molecule has 0 aliphatic heterocycles. The Morgan fingerprint density at radius 2 is 1.48 bits per heavy atom. The van der Waals surface area contributed by atoms with Gasteiger partial charge in [0, 0.05) is 18.8 Å². The van der Waals surface area contributed by atoms with Crippen LogP contribution in [-0.4, -0.2) is 49.2 Å². The van der Waals surface area contributed by atoms with Crippen molar-refractivity contribution in [1.82, 2.24) is 0 Å². The molecule has 0 unspecified atom stereocenters. The second-order valence-corrected chi connectivity index (χ2v) is 5.80. The first-order chi connectivity index (χ1) is 14.0. The van der Waals surface area contributed by atoms with Gasteiger partial charge in [-0.2, -0.15) is 0 Å². The number of carbonyl (C=O) groups is 1. The SMILES string of the molecule is CCOC(C)OCC.Cc1ccccc1OCc1ccccc1C=O.OCCO. The van der Waals surface area contributed by atoms with E-state index in [-0.39, 0.29) is 19.5 Å². The third-order valence-corrected chi connectivity index (χ3v) is 3.56. The van der Waals surface area contributed by atoms with Crippen LogP contribution in [0.3, 0.4) is 0 Å². The molecule has 0 radical (unpaired) electrons. The van der Waals surface area contributed by atoms with Gasteiger partial charge in [-0.1, -0.05) is 42.5 Å². The largest absolute Gasteiger partial charge is 0.489 e. The summed E-state index contributed by atoms with van der Waals surface area (Å²) in [5, 5.41) is 15.2. The first kappa shape index (κ1) is 26.8. The molecule has 2 rings (SSSR count). The summed E-state index contributed by atoms with van der Waals surface area (Å²) in [5.41, 5.74) is 2.68. The molecule has 0 aliphatic rings. The Morgan fingerprint density at radius 1 is 0.931 bits per heavy atom. The normalized spacial score (nSPS) is 9.76. The van der Waals surface area contributed by atoms with Gasteiger partial charge in [-0.05, 0) is 44.9 Å². The summed E-state index contributed by atoms with van der Waals surface area (Å²) in [4.78, 5) is 10.9. The lowest BCUT2D eigenvalue weighted by Crippen LogP contribution is -2.11. The average Bonchev–Trinajstić information content (AvgIpc) is 2.74. The highest BCUT2D eigenvalue weighted by Crippen LogP contribution is 2.18. The van der Waals surface area contributed by atoms with E-state index in [1.807, 2.05) is 70.2 Å². The van der Waals surface area contributed by atoms with Gasteiger partial charge in [0.25, 0.3) is 0 Å². The van der Waals surface area contributed by atoms with Crippen molar-refractivity contribution >= 4 is 6.29 Å². The van der Waals surface area contributed by atoms with Crippen LogP contribution in [0, 0.1) is 6.92 Å². The van der Waals surface area contributed by atoms with Gasteiger partial charge in [-0.25, -0.2) is 0 Å². The number of benzene rings is 2. The van der Waals surface area contributed by atoms with E-state index >= 15 is 0 Å². The predicted molar refractivity (Wildman–Crippen MR) is 114 cm³/mol. The van der Waals surface area contributed by atoms with Crippen LogP contribution in [0.15, 0.2) is 48.5 Å².